The zero-order valence-electron chi connectivity index (χ0n) is 13.8. The molecule has 1 rings (SSSR count). The number of guanidine groups is 1. The zero-order chi connectivity index (χ0) is 14.8. The molecule has 0 amide bonds. The third kappa shape index (κ3) is 7.13. The van der Waals surface area contributed by atoms with Gasteiger partial charge >= 0.3 is 0 Å². The lowest BCUT2D eigenvalue weighted by molar-refractivity contribution is 0.109. The highest BCUT2D eigenvalue weighted by Gasteiger charge is 2.18. The zero-order valence-corrected chi connectivity index (χ0v) is 13.8. The van der Waals surface area contributed by atoms with Gasteiger partial charge in [0.05, 0.1) is 0 Å². The molecular formula is C16H33N3O. The van der Waals surface area contributed by atoms with Crippen LogP contribution < -0.4 is 5.32 Å². The first-order chi connectivity index (χ1) is 9.63. The van der Waals surface area contributed by atoms with Gasteiger partial charge in [0.15, 0.2) is 5.96 Å². The summed E-state index contributed by atoms with van der Waals surface area (Å²) in [6.07, 6.45) is 3.63. The van der Waals surface area contributed by atoms with E-state index in [0.29, 0.717) is 5.92 Å². The Bertz CT molecular complexity index is 279. The molecule has 0 aromatic heterocycles. The van der Waals surface area contributed by atoms with Crippen LogP contribution >= 0.6 is 0 Å². The van der Waals surface area contributed by atoms with Crippen LogP contribution in [0, 0.1) is 11.8 Å². The normalized spacial score (nSPS) is 20.6. The summed E-state index contributed by atoms with van der Waals surface area (Å²) < 4.78 is 5.60. The van der Waals surface area contributed by atoms with E-state index in [0.717, 1.165) is 57.7 Å². The lowest BCUT2D eigenvalue weighted by atomic mass is 10.0. The summed E-state index contributed by atoms with van der Waals surface area (Å²) in [5.74, 6) is 2.48. The second-order valence-electron chi connectivity index (χ2n) is 6.25. The molecule has 0 spiro atoms. The molecule has 4 nitrogen and oxygen atoms in total. The van der Waals surface area contributed by atoms with Gasteiger partial charge in [-0.05, 0) is 38.0 Å². The largest absolute Gasteiger partial charge is 0.381 e. The van der Waals surface area contributed by atoms with Crippen LogP contribution in [-0.2, 0) is 4.74 Å². The number of nitrogens with one attached hydrogen (secondary N) is 1. The lowest BCUT2D eigenvalue weighted by Crippen LogP contribution is -2.46. The Morgan fingerprint density at radius 1 is 1.45 bits per heavy atom. The fourth-order valence-corrected chi connectivity index (χ4v) is 2.48. The van der Waals surface area contributed by atoms with Crippen LogP contribution in [0.4, 0.5) is 0 Å². The predicted molar refractivity (Wildman–Crippen MR) is 86.2 cm³/mol. The minimum absolute atomic E-state index is 0.616. The smallest absolute Gasteiger partial charge is 0.193 e. The van der Waals surface area contributed by atoms with E-state index >= 15 is 0 Å². The average molecular weight is 283 g/mol. The van der Waals surface area contributed by atoms with Gasteiger partial charge in [0.2, 0.25) is 0 Å². The van der Waals surface area contributed by atoms with Crippen LogP contribution in [0.5, 0.6) is 0 Å². The van der Waals surface area contributed by atoms with Crippen molar-refractivity contribution in [2.24, 2.45) is 16.8 Å². The minimum Gasteiger partial charge on any atom is -0.381 e. The van der Waals surface area contributed by atoms with Crippen LogP contribution in [0.1, 0.15) is 47.0 Å². The summed E-state index contributed by atoms with van der Waals surface area (Å²) in [5.41, 5.74) is 0. The predicted octanol–water partition coefficient (Wildman–Crippen LogP) is 2.75. The van der Waals surface area contributed by atoms with Gasteiger partial charge in [-0.25, -0.2) is 0 Å². The van der Waals surface area contributed by atoms with Gasteiger partial charge in [-0.15, -0.1) is 0 Å². The van der Waals surface area contributed by atoms with Crippen LogP contribution in [0.3, 0.4) is 0 Å². The van der Waals surface area contributed by atoms with E-state index in [2.05, 4.69) is 37.9 Å². The number of hydrogen-bond acceptors (Lipinski definition) is 2. The molecule has 1 atom stereocenters. The van der Waals surface area contributed by atoms with E-state index in [4.69, 9.17) is 9.73 Å². The molecule has 1 saturated heterocycles. The maximum absolute atomic E-state index is 5.60. The lowest BCUT2D eigenvalue weighted by Gasteiger charge is -2.33. The second kappa shape index (κ2) is 10.0. The van der Waals surface area contributed by atoms with Gasteiger partial charge in [-0.3, -0.25) is 4.99 Å². The van der Waals surface area contributed by atoms with Gasteiger partial charge in [-0.1, -0.05) is 20.8 Å². The summed E-state index contributed by atoms with van der Waals surface area (Å²) in [5, 5.41) is 3.42. The molecule has 1 N–H and O–H groups in total. The van der Waals surface area contributed by atoms with E-state index in [-0.39, 0.29) is 0 Å². The summed E-state index contributed by atoms with van der Waals surface area (Å²) in [6.45, 7) is 14.6. The van der Waals surface area contributed by atoms with E-state index < -0.39 is 0 Å². The van der Waals surface area contributed by atoms with Gasteiger partial charge in [-0.2, -0.15) is 0 Å². The maximum atomic E-state index is 5.60. The van der Waals surface area contributed by atoms with E-state index in [1.54, 1.807) is 0 Å². The molecule has 1 aliphatic heterocycles. The fraction of sp³-hybridized carbons (Fsp3) is 0.938. The monoisotopic (exact) mass is 283 g/mol. The van der Waals surface area contributed by atoms with Crippen LogP contribution in [0.15, 0.2) is 4.99 Å². The molecule has 20 heavy (non-hydrogen) atoms. The summed E-state index contributed by atoms with van der Waals surface area (Å²) >= 11 is 0. The van der Waals surface area contributed by atoms with Crippen molar-refractivity contribution in [1.82, 2.24) is 10.2 Å². The molecule has 1 aliphatic rings. The van der Waals surface area contributed by atoms with Crippen LogP contribution in [-0.4, -0.2) is 50.3 Å². The average Bonchev–Trinajstić information content (AvgIpc) is 2.41. The van der Waals surface area contributed by atoms with Crippen molar-refractivity contribution in [2.75, 3.05) is 39.4 Å². The Balaban J connectivity index is 2.31. The Labute approximate surface area is 125 Å². The number of hydrogen-bond donors (Lipinski definition) is 1. The maximum Gasteiger partial charge on any atom is 0.193 e. The topological polar surface area (TPSA) is 36.9 Å². The van der Waals surface area contributed by atoms with Crippen molar-refractivity contribution in [3.63, 3.8) is 0 Å². The first-order valence-corrected chi connectivity index (χ1v) is 8.24. The number of nitrogens with zero attached hydrogens (tertiary/aromatic N) is 2. The van der Waals surface area contributed by atoms with Crippen LogP contribution in [0.25, 0.3) is 0 Å². The Hall–Kier alpha value is -0.770. The van der Waals surface area contributed by atoms with Crippen molar-refractivity contribution in [3.05, 3.63) is 0 Å². The van der Waals surface area contributed by atoms with Crippen molar-refractivity contribution in [1.29, 1.82) is 0 Å². The molecule has 0 aromatic rings. The van der Waals surface area contributed by atoms with Crippen LogP contribution in [0.2, 0.25) is 0 Å². The Kier molecular flexibility index (Phi) is 8.67. The Morgan fingerprint density at radius 2 is 2.25 bits per heavy atom. The van der Waals surface area contributed by atoms with Gasteiger partial charge < -0.3 is 15.0 Å². The third-order valence-corrected chi connectivity index (χ3v) is 3.45. The first kappa shape index (κ1) is 17.3. The highest BCUT2D eigenvalue weighted by atomic mass is 16.5. The SMILES string of the molecule is CCNC(=NCCCOCC(C)C)N1CCCC(C)C1. The summed E-state index contributed by atoms with van der Waals surface area (Å²) in [7, 11) is 0. The number of piperidine rings is 1. The molecule has 1 unspecified atom stereocenters. The molecule has 0 radical (unpaired) electrons. The standard InChI is InChI=1S/C16H33N3O/c1-5-17-16(19-10-6-8-15(4)12-19)18-9-7-11-20-13-14(2)3/h14-15H,5-13H2,1-4H3,(H,17,18). The van der Waals surface area contributed by atoms with Crippen molar-refractivity contribution >= 4 is 5.96 Å². The second-order valence-corrected chi connectivity index (χ2v) is 6.25. The number of aliphatic imine (C=N–C) groups is 1. The van der Waals surface area contributed by atoms with Crippen molar-refractivity contribution in [2.45, 2.75) is 47.0 Å². The summed E-state index contributed by atoms with van der Waals surface area (Å²) in [4.78, 5) is 7.15. The molecule has 0 aliphatic carbocycles. The van der Waals surface area contributed by atoms with E-state index in [1.165, 1.54) is 12.8 Å². The molecule has 0 saturated carbocycles. The number of rotatable bonds is 7. The molecule has 0 aromatic carbocycles. The molecule has 1 fully saturated rings. The van der Waals surface area contributed by atoms with E-state index in [1.807, 2.05) is 0 Å². The fourth-order valence-electron chi connectivity index (χ4n) is 2.48. The molecule has 0 bridgehead atoms. The first-order valence-electron chi connectivity index (χ1n) is 8.24. The summed E-state index contributed by atoms with van der Waals surface area (Å²) in [6, 6.07) is 0. The van der Waals surface area contributed by atoms with Gasteiger partial charge in [0.25, 0.3) is 0 Å². The highest BCUT2D eigenvalue weighted by molar-refractivity contribution is 5.80. The van der Waals surface area contributed by atoms with Gasteiger partial charge in [0.1, 0.15) is 0 Å². The van der Waals surface area contributed by atoms with E-state index in [9.17, 15) is 0 Å². The molecule has 4 heteroatoms. The molecule has 1 heterocycles. The minimum atomic E-state index is 0.616. The molecular weight excluding hydrogens is 250 g/mol. The number of ether oxygens (including phenoxy) is 1. The van der Waals surface area contributed by atoms with Crippen molar-refractivity contribution < 1.29 is 4.74 Å². The van der Waals surface area contributed by atoms with Gasteiger partial charge in [0, 0.05) is 39.4 Å². The third-order valence-electron chi connectivity index (χ3n) is 3.45. The quantitative estimate of drug-likeness (QED) is 0.443. The number of likely N-dealkylation sites (tertiary alicyclic amines) is 1. The Morgan fingerprint density at radius 3 is 2.90 bits per heavy atom. The molecule has 118 valence electrons. The van der Waals surface area contributed by atoms with Crippen molar-refractivity contribution in [3.8, 4) is 0 Å². The highest BCUT2D eigenvalue weighted by Crippen LogP contribution is 2.15.